The van der Waals surface area contributed by atoms with E-state index in [0.29, 0.717) is 11.7 Å². The lowest BCUT2D eigenvalue weighted by Crippen LogP contribution is -2.32. The summed E-state index contributed by atoms with van der Waals surface area (Å²) in [5.41, 5.74) is 4.61. The Kier molecular flexibility index (Phi) is 5.16. The fraction of sp³-hybridized carbons (Fsp3) is 0.688. The summed E-state index contributed by atoms with van der Waals surface area (Å²) in [6.07, 6.45) is 3.77. The van der Waals surface area contributed by atoms with Crippen molar-refractivity contribution in [3.8, 4) is 0 Å². The van der Waals surface area contributed by atoms with Crippen LogP contribution in [0.25, 0.3) is 0 Å². The van der Waals surface area contributed by atoms with E-state index >= 15 is 0 Å². The summed E-state index contributed by atoms with van der Waals surface area (Å²) in [5, 5.41) is 0. The van der Waals surface area contributed by atoms with E-state index in [9.17, 15) is 4.79 Å². The van der Waals surface area contributed by atoms with E-state index < -0.39 is 8.80 Å². The molecule has 0 fully saturated rings. The predicted octanol–water partition coefficient (Wildman–Crippen LogP) is 5.12. The summed E-state index contributed by atoms with van der Waals surface area (Å²) in [5.74, 6) is 0.897. The van der Waals surface area contributed by atoms with Crippen molar-refractivity contribution < 1.29 is 4.79 Å². The van der Waals surface area contributed by atoms with Gasteiger partial charge in [0.15, 0.2) is 5.78 Å². The normalized spacial score (nSPS) is 20.9. The van der Waals surface area contributed by atoms with Crippen LogP contribution in [-0.2, 0) is 0 Å². The van der Waals surface area contributed by atoms with Gasteiger partial charge in [-0.2, -0.15) is 0 Å². The third-order valence-corrected chi connectivity index (χ3v) is 10.6. The van der Waals surface area contributed by atoms with Gasteiger partial charge in [-0.05, 0) is 34.6 Å². The van der Waals surface area contributed by atoms with Gasteiger partial charge in [0, 0.05) is 36.6 Å². The maximum Gasteiger partial charge on any atom is 0.165 e. The summed E-state index contributed by atoms with van der Waals surface area (Å²) in [6, 6.07) is 0. The van der Waals surface area contributed by atoms with Gasteiger partial charge in [0.1, 0.15) is 0 Å². The van der Waals surface area contributed by atoms with Crippen LogP contribution in [-0.4, -0.2) is 19.6 Å². The Morgan fingerprint density at radius 1 is 1.25 bits per heavy atom. The Hall–Kier alpha value is -0.103. The molecule has 2 nitrogen and oxygen atoms in total. The lowest BCUT2D eigenvalue weighted by Gasteiger charge is -2.36. The van der Waals surface area contributed by atoms with Crippen LogP contribution < -0.4 is 0 Å². The average molecular weight is 403 g/mol. The second-order valence-electron chi connectivity index (χ2n) is 6.92. The largest absolute Gasteiger partial charge is 0.363 e. The molecule has 0 bridgehead atoms. The molecule has 4 heteroatoms. The van der Waals surface area contributed by atoms with E-state index in [0.717, 1.165) is 38.6 Å². The van der Waals surface area contributed by atoms with Crippen molar-refractivity contribution in [3.63, 3.8) is 0 Å². The van der Waals surface area contributed by atoms with Crippen LogP contribution in [0.3, 0.4) is 0 Å². The molecular formula is C16H26INOSi. The van der Waals surface area contributed by atoms with Crippen LogP contribution in [0, 0.1) is 3.57 Å². The first-order valence-corrected chi connectivity index (χ1v) is 10.8. The van der Waals surface area contributed by atoms with Gasteiger partial charge < -0.3 is 4.98 Å². The monoisotopic (exact) mass is 403 g/mol. The zero-order valence-corrected chi connectivity index (χ0v) is 16.5. The summed E-state index contributed by atoms with van der Waals surface area (Å²) >= 11 is 2.29. The first-order chi connectivity index (χ1) is 9.34. The number of halogens is 1. The minimum Gasteiger partial charge on any atom is -0.363 e. The van der Waals surface area contributed by atoms with Gasteiger partial charge in [-0.25, -0.2) is 0 Å². The number of aromatic amines is 1. The third kappa shape index (κ3) is 2.91. The molecule has 1 heterocycles. The number of hydrogen-bond acceptors (Lipinski definition) is 1. The SMILES string of the molecule is CC(C)[SiH](C(C)C)C(C)C1CCC(=O)c2c(I)c[nH]c21. The smallest absolute Gasteiger partial charge is 0.165 e. The third-order valence-electron chi connectivity index (χ3n) is 4.98. The number of carbonyl (C=O) groups is 1. The van der Waals surface area contributed by atoms with Gasteiger partial charge >= 0.3 is 0 Å². The zero-order chi connectivity index (χ0) is 15.0. The van der Waals surface area contributed by atoms with E-state index in [1.165, 1.54) is 5.69 Å². The number of Topliss-reactive ketones (excluding diaryl/α,β-unsaturated/α-hetero) is 1. The van der Waals surface area contributed by atoms with Crippen molar-refractivity contribution in [2.75, 3.05) is 0 Å². The first-order valence-electron chi connectivity index (χ1n) is 7.74. The summed E-state index contributed by atoms with van der Waals surface area (Å²) in [7, 11) is -0.851. The van der Waals surface area contributed by atoms with Gasteiger partial charge in [-0.15, -0.1) is 0 Å². The van der Waals surface area contributed by atoms with Gasteiger partial charge in [0.2, 0.25) is 0 Å². The second-order valence-corrected chi connectivity index (χ2v) is 13.0. The minimum absolute atomic E-state index is 0.335. The quantitative estimate of drug-likeness (QED) is 0.550. The molecule has 1 aliphatic carbocycles. The average Bonchev–Trinajstić information content (AvgIpc) is 2.72. The standard InChI is InChI=1S/C16H26INOSi/c1-9(2)20(10(3)4)11(5)12-6-7-14(19)15-13(17)8-18-16(12)15/h8-12,18,20H,6-7H2,1-5H3. The van der Waals surface area contributed by atoms with Crippen LogP contribution in [0.4, 0.5) is 0 Å². The number of hydrogen-bond donors (Lipinski definition) is 1. The molecule has 1 aromatic rings. The van der Waals surface area contributed by atoms with Crippen LogP contribution in [0.2, 0.25) is 16.6 Å². The Morgan fingerprint density at radius 2 is 1.85 bits per heavy atom. The maximum atomic E-state index is 12.2. The number of aromatic nitrogens is 1. The molecule has 1 aromatic heterocycles. The number of rotatable bonds is 4. The molecule has 20 heavy (non-hydrogen) atoms. The number of fused-ring (bicyclic) bond motifs is 1. The molecule has 0 aliphatic heterocycles. The van der Waals surface area contributed by atoms with E-state index in [1.54, 1.807) is 0 Å². The van der Waals surface area contributed by atoms with Crippen molar-refractivity contribution >= 4 is 37.2 Å². The molecular weight excluding hydrogens is 377 g/mol. The molecule has 2 atom stereocenters. The summed E-state index contributed by atoms with van der Waals surface area (Å²) < 4.78 is 1.10. The van der Waals surface area contributed by atoms with Crippen molar-refractivity contribution in [2.24, 2.45) is 0 Å². The van der Waals surface area contributed by atoms with Crippen LogP contribution >= 0.6 is 22.6 Å². The van der Waals surface area contributed by atoms with Crippen molar-refractivity contribution in [3.05, 3.63) is 21.0 Å². The Bertz CT molecular complexity index is 487. The molecule has 2 unspecified atom stereocenters. The molecule has 0 radical (unpaired) electrons. The highest BCUT2D eigenvalue weighted by Gasteiger charge is 2.37. The predicted molar refractivity (Wildman–Crippen MR) is 96.6 cm³/mol. The highest BCUT2D eigenvalue weighted by Crippen LogP contribution is 2.45. The Labute approximate surface area is 137 Å². The highest BCUT2D eigenvalue weighted by molar-refractivity contribution is 14.1. The van der Waals surface area contributed by atoms with Crippen molar-refractivity contribution in [2.45, 2.75) is 70.0 Å². The Morgan fingerprint density at radius 3 is 2.40 bits per heavy atom. The molecule has 1 aliphatic rings. The zero-order valence-electron chi connectivity index (χ0n) is 13.2. The lowest BCUT2D eigenvalue weighted by atomic mass is 9.85. The molecule has 1 N–H and O–H groups in total. The fourth-order valence-electron chi connectivity index (χ4n) is 4.32. The van der Waals surface area contributed by atoms with Gasteiger partial charge in [-0.3, -0.25) is 4.79 Å². The Balaban J connectivity index is 2.34. The van der Waals surface area contributed by atoms with E-state index in [-0.39, 0.29) is 0 Å². The molecule has 0 saturated carbocycles. The van der Waals surface area contributed by atoms with Gasteiger partial charge in [-0.1, -0.05) is 45.7 Å². The molecule has 0 spiro atoms. The summed E-state index contributed by atoms with van der Waals surface area (Å²) in [6.45, 7) is 12.0. The van der Waals surface area contributed by atoms with E-state index in [4.69, 9.17) is 0 Å². The molecule has 0 aromatic carbocycles. The first kappa shape index (κ1) is 16.3. The maximum absolute atomic E-state index is 12.2. The number of carbonyl (C=O) groups excluding carboxylic acids is 1. The molecule has 0 amide bonds. The van der Waals surface area contributed by atoms with Gasteiger partial charge in [0.25, 0.3) is 0 Å². The highest BCUT2D eigenvalue weighted by atomic mass is 127. The number of ketones is 1. The number of nitrogens with one attached hydrogen (secondary N) is 1. The lowest BCUT2D eigenvalue weighted by molar-refractivity contribution is 0.0965. The molecule has 0 saturated heterocycles. The topological polar surface area (TPSA) is 32.9 Å². The molecule has 112 valence electrons. The van der Waals surface area contributed by atoms with Crippen LogP contribution in [0.15, 0.2) is 6.20 Å². The molecule has 2 rings (SSSR count). The minimum atomic E-state index is -0.851. The fourth-order valence-corrected chi connectivity index (χ4v) is 9.96. The van der Waals surface area contributed by atoms with Crippen molar-refractivity contribution in [1.82, 2.24) is 4.98 Å². The number of H-pyrrole nitrogens is 1. The van der Waals surface area contributed by atoms with E-state index in [1.807, 2.05) is 6.20 Å². The summed E-state index contributed by atoms with van der Waals surface area (Å²) in [4.78, 5) is 15.6. The van der Waals surface area contributed by atoms with Crippen molar-refractivity contribution in [1.29, 1.82) is 0 Å². The van der Waals surface area contributed by atoms with Gasteiger partial charge in [0.05, 0.1) is 5.56 Å². The van der Waals surface area contributed by atoms with E-state index in [2.05, 4.69) is 62.2 Å². The van der Waals surface area contributed by atoms with Crippen LogP contribution in [0.5, 0.6) is 0 Å². The second kappa shape index (κ2) is 6.34. The van der Waals surface area contributed by atoms with Crippen LogP contribution in [0.1, 0.15) is 69.4 Å².